The van der Waals surface area contributed by atoms with Crippen LogP contribution in [0.1, 0.15) is 46.6 Å². The van der Waals surface area contributed by atoms with Crippen LogP contribution in [0.4, 0.5) is 11.5 Å². The Morgan fingerprint density at radius 3 is 2.28 bits per heavy atom. The van der Waals surface area contributed by atoms with E-state index in [0.29, 0.717) is 16.7 Å². The second-order valence-corrected chi connectivity index (χ2v) is 18.1. The summed E-state index contributed by atoms with van der Waals surface area (Å²) in [7, 11) is -5.66. The number of esters is 1. The molecule has 1 unspecified atom stereocenters. The first kappa shape index (κ1) is 49.1. The van der Waals surface area contributed by atoms with Crippen LogP contribution in [0.15, 0.2) is 71.7 Å². The van der Waals surface area contributed by atoms with Gasteiger partial charge in [-0.3, -0.25) is 13.9 Å². The van der Waals surface area contributed by atoms with Gasteiger partial charge in [0.05, 0.1) is 30.4 Å². The average Bonchev–Trinajstić information content (AvgIpc) is 3.72. The molecule has 0 radical (unpaired) electrons. The highest BCUT2D eigenvalue weighted by atomic mass is 32.1. The highest BCUT2D eigenvalue weighted by Gasteiger charge is 2.59. The molecule has 4 aliphatic heterocycles. The number of phenols is 2. The van der Waals surface area contributed by atoms with Gasteiger partial charge in [-0.15, -0.1) is 0 Å². The number of hydrogen-bond donors (Lipinski definition) is 13. The predicted octanol–water partition coefficient (Wildman–Crippen LogP) is -1.30. The van der Waals surface area contributed by atoms with Crippen LogP contribution in [0.3, 0.4) is 0 Å². The summed E-state index contributed by atoms with van der Waals surface area (Å²) in [6.45, 7) is -0.678. The summed E-state index contributed by atoms with van der Waals surface area (Å²) in [4.78, 5) is 65.0. The number of rotatable bonds is 13. The standard InChI is InChI=1S/C41H43N6O20PS/c1-16(48)44-30-24(51)13-40(37(57)58,67-68(60,61)62-15-28-32(54)33(55)35(64-28)47-9-8-29(42)46-39(47)59)65-34(30)31(53)25(52)14-43-38(69)45-17-2-5-21-20(10-17)36(56)66-41(21)22-6-3-18(49)11-26(22)63-27-12-19(50)4-7-23(27)41/h2-12,24-25,28,30-35,49-55H,13-15H2,1H3,(H,44,48)(H,57,58)(H,60,61)(H2,42,46,59)(H2,43,45,69)/t24-,25+,28+,30+,31+,32+,33+,34+,35+,40+/m0/s1. The van der Waals surface area contributed by atoms with Crippen molar-refractivity contribution >= 4 is 54.5 Å². The first-order valence-electron chi connectivity index (χ1n) is 20.6. The summed E-state index contributed by atoms with van der Waals surface area (Å²) in [5, 5.41) is 93.1. The van der Waals surface area contributed by atoms with E-state index < -0.39 is 117 Å². The molecule has 4 aromatic rings. The summed E-state index contributed by atoms with van der Waals surface area (Å²) >= 11 is 5.40. The third-order valence-corrected chi connectivity index (χ3v) is 12.9. The maximum atomic E-state index is 13.6. The molecule has 2 saturated heterocycles. The fraction of sp³-hybridized carbons (Fsp3) is 0.366. The molecule has 69 heavy (non-hydrogen) atoms. The zero-order chi connectivity index (χ0) is 49.9. The summed E-state index contributed by atoms with van der Waals surface area (Å²) < 4.78 is 47.0. The molecule has 368 valence electrons. The van der Waals surface area contributed by atoms with E-state index >= 15 is 0 Å². The highest BCUT2D eigenvalue weighted by Crippen LogP contribution is 2.57. The van der Waals surface area contributed by atoms with Gasteiger partial charge in [0.15, 0.2) is 16.9 Å². The quantitative estimate of drug-likeness (QED) is 0.0421. The van der Waals surface area contributed by atoms with Gasteiger partial charge < -0.3 is 86.4 Å². The van der Waals surface area contributed by atoms with Crippen molar-refractivity contribution in [1.82, 2.24) is 20.2 Å². The van der Waals surface area contributed by atoms with Gasteiger partial charge >= 0.3 is 25.5 Å². The average molecular weight is 1000 g/mol. The molecule has 11 atom stereocenters. The van der Waals surface area contributed by atoms with E-state index in [4.69, 9.17) is 45.9 Å². The normalized spacial score (nSPS) is 27.1. The van der Waals surface area contributed by atoms with Crippen molar-refractivity contribution < 1.29 is 92.7 Å². The molecule has 3 aromatic carbocycles. The minimum Gasteiger partial charge on any atom is -0.508 e. The third-order valence-electron chi connectivity index (χ3n) is 11.6. The van der Waals surface area contributed by atoms with Crippen molar-refractivity contribution in [2.75, 3.05) is 24.2 Å². The molecule has 0 aliphatic carbocycles. The van der Waals surface area contributed by atoms with Crippen molar-refractivity contribution in [2.24, 2.45) is 0 Å². The molecule has 4 aliphatic rings. The van der Waals surface area contributed by atoms with Crippen LogP contribution in [0.2, 0.25) is 0 Å². The van der Waals surface area contributed by atoms with E-state index in [1.807, 2.05) is 0 Å². The number of anilines is 2. The zero-order valence-electron chi connectivity index (χ0n) is 35.5. The molecular formula is C41H43N6O20PS. The van der Waals surface area contributed by atoms with E-state index in [1.54, 1.807) is 12.1 Å². The number of phosphoric ester groups is 1. The minimum atomic E-state index is -5.66. The number of aliphatic hydroxyl groups excluding tert-OH is 5. The lowest BCUT2D eigenvalue weighted by Crippen LogP contribution is -2.68. The molecule has 0 bridgehead atoms. The number of hydrogen-bond acceptors (Lipinski definition) is 21. The van der Waals surface area contributed by atoms with Gasteiger partial charge in [-0.25, -0.2) is 23.5 Å². The molecule has 1 aromatic heterocycles. The molecular weight excluding hydrogens is 960 g/mol. The first-order chi connectivity index (χ1) is 32.5. The molecule has 8 rings (SSSR count). The molecule has 5 heterocycles. The van der Waals surface area contributed by atoms with Crippen LogP contribution in [0, 0.1) is 0 Å². The van der Waals surface area contributed by atoms with Gasteiger partial charge in [-0.05, 0) is 54.7 Å². The maximum absolute atomic E-state index is 13.6. The fourth-order valence-electron chi connectivity index (χ4n) is 8.49. The van der Waals surface area contributed by atoms with Gasteiger partial charge in [0.2, 0.25) is 5.91 Å². The number of amides is 1. The summed E-state index contributed by atoms with van der Waals surface area (Å²) in [5.74, 6) is -7.09. The van der Waals surface area contributed by atoms with Crippen LogP contribution in [0.5, 0.6) is 23.0 Å². The van der Waals surface area contributed by atoms with Gasteiger partial charge in [-0.1, -0.05) is 6.07 Å². The number of ether oxygens (including phenoxy) is 4. The topological polar surface area (TPSA) is 403 Å². The molecule has 28 heteroatoms. The second kappa shape index (κ2) is 18.5. The third kappa shape index (κ3) is 9.30. The van der Waals surface area contributed by atoms with Crippen molar-refractivity contribution in [2.45, 2.75) is 79.7 Å². The van der Waals surface area contributed by atoms with Crippen LogP contribution < -0.4 is 32.1 Å². The zero-order valence-corrected chi connectivity index (χ0v) is 37.2. The Morgan fingerprint density at radius 2 is 1.65 bits per heavy atom. The van der Waals surface area contributed by atoms with E-state index in [-0.39, 0.29) is 45.2 Å². The summed E-state index contributed by atoms with van der Waals surface area (Å²) in [5.41, 5.74) is 4.45. The number of phosphoric acid groups is 1. The number of benzene rings is 3. The number of carboxylic acid groups (broad SMARTS) is 1. The number of fused-ring (bicyclic) bond motifs is 6. The number of aromatic nitrogens is 2. The molecule has 2 fully saturated rings. The Kier molecular flexibility index (Phi) is 13.2. The maximum Gasteiger partial charge on any atom is 0.475 e. The fourth-order valence-corrected chi connectivity index (χ4v) is 9.64. The lowest BCUT2D eigenvalue weighted by atomic mass is 9.77. The van der Waals surface area contributed by atoms with E-state index in [2.05, 4.69) is 20.9 Å². The SMILES string of the molecule is CC(=O)N[C@H]1[C@H]([C@H](O)[C@H](O)CNC(=S)Nc2ccc3c(c2)C(=O)OC32c3ccc(O)cc3Oc3cc(O)ccc32)O[C@](OP(=O)(O)OC[C@H]2O[C@@H](n3ccc(N)nc3=O)[C@H](O)[C@@H]2O)(C(=O)O)C[C@@H]1O. The Morgan fingerprint density at radius 1 is 1.00 bits per heavy atom. The van der Waals surface area contributed by atoms with Crippen molar-refractivity contribution in [3.05, 3.63) is 99.6 Å². The Bertz CT molecular complexity index is 2790. The number of carboxylic acids is 1. The van der Waals surface area contributed by atoms with E-state index in [0.717, 1.165) is 17.7 Å². The first-order valence-corrected chi connectivity index (χ1v) is 22.5. The lowest BCUT2D eigenvalue weighted by molar-refractivity contribution is -0.288. The van der Waals surface area contributed by atoms with E-state index in [9.17, 15) is 69.5 Å². The van der Waals surface area contributed by atoms with Crippen molar-refractivity contribution in [3.8, 4) is 23.0 Å². The molecule has 14 N–H and O–H groups in total. The van der Waals surface area contributed by atoms with E-state index in [1.165, 1.54) is 48.5 Å². The number of aliphatic carboxylic acids is 1. The number of nitrogens with two attached hydrogens (primary N) is 1. The number of carbonyl (C=O) groups excluding carboxylic acids is 2. The van der Waals surface area contributed by atoms with Crippen molar-refractivity contribution in [1.29, 1.82) is 0 Å². The number of thiocarbonyl (C=S) groups is 1. The Labute approximate surface area is 393 Å². The van der Waals surface area contributed by atoms with Crippen molar-refractivity contribution in [3.63, 3.8) is 0 Å². The number of phenolic OH excluding ortho intramolecular Hbond substituents is 2. The smallest absolute Gasteiger partial charge is 0.475 e. The Hall–Kier alpha value is -6.33. The minimum absolute atomic E-state index is 0.0965. The number of carbonyl (C=O) groups is 3. The number of nitrogens with zero attached hydrogens (tertiary/aromatic N) is 2. The van der Waals surface area contributed by atoms with Gasteiger partial charge in [0.25, 0.3) is 5.79 Å². The molecule has 1 spiro atoms. The molecule has 1 amide bonds. The van der Waals surface area contributed by atoms with Gasteiger partial charge in [-0.2, -0.15) is 4.98 Å². The van der Waals surface area contributed by atoms with Crippen LogP contribution >= 0.6 is 20.0 Å². The summed E-state index contributed by atoms with van der Waals surface area (Å²) in [6.07, 6.45) is -15.2. The molecule has 26 nitrogen and oxygen atoms in total. The number of aromatic hydroxyl groups is 2. The largest absolute Gasteiger partial charge is 0.508 e. The van der Waals surface area contributed by atoms with Crippen LogP contribution in [-0.4, -0.2) is 146 Å². The molecule has 0 saturated carbocycles. The second-order valence-electron chi connectivity index (χ2n) is 16.3. The van der Waals surface area contributed by atoms with Gasteiger partial charge in [0, 0.05) is 60.6 Å². The highest BCUT2D eigenvalue weighted by molar-refractivity contribution is 7.80. The Balaban J connectivity index is 0.943. The monoisotopic (exact) mass is 1000 g/mol. The van der Waals surface area contributed by atoms with Crippen LogP contribution in [0.25, 0.3) is 0 Å². The lowest BCUT2D eigenvalue weighted by Gasteiger charge is -2.46. The van der Waals surface area contributed by atoms with Gasteiger partial charge in [0.1, 0.15) is 59.3 Å². The van der Waals surface area contributed by atoms with Crippen LogP contribution in [-0.2, 0) is 43.0 Å². The summed E-state index contributed by atoms with van der Waals surface area (Å²) in [6, 6.07) is 12.6. The number of nitrogens with one attached hydrogen (secondary N) is 3. The predicted molar refractivity (Wildman–Crippen MR) is 233 cm³/mol. The number of aliphatic hydroxyl groups is 5. The number of nitrogen functional groups attached to an aromatic ring is 1.